The molecule has 4 N–H and O–H groups in total. The number of nitrogens with zero attached hydrogens (tertiary/aromatic N) is 3. The molecular formula is C72H76N6O7. The molecule has 85 heavy (non-hydrogen) atoms. The summed E-state index contributed by atoms with van der Waals surface area (Å²) in [6, 6.07) is 43.3. The van der Waals surface area contributed by atoms with Crippen LogP contribution in [0.2, 0.25) is 0 Å². The van der Waals surface area contributed by atoms with E-state index in [2.05, 4.69) is 125 Å². The molecule has 0 unspecified atom stereocenters. The Morgan fingerprint density at radius 3 is 1.44 bits per heavy atom. The van der Waals surface area contributed by atoms with Gasteiger partial charge in [-0.25, -0.2) is 0 Å². The van der Waals surface area contributed by atoms with Gasteiger partial charge in [-0.1, -0.05) is 97.1 Å². The lowest BCUT2D eigenvalue weighted by Gasteiger charge is -2.20. The predicted octanol–water partition coefficient (Wildman–Crippen LogP) is 13.3. The SMILES string of the molecule is CC(=O)CCCNCc1c(OCc2cncc(C#N)c2)cc(OCc2cccc(-c3ccccc3)c2C)c2c1CCC2.CC(=O)CCCNCc1c(OCc2cncc(C(N)=O)c2)cc(OCc2cccc(-c3ccccc3)c2C)c2c1CCC2. The predicted molar refractivity (Wildman–Crippen MR) is 332 cm³/mol. The number of pyridine rings is 2. The van der Waals surface area contributed by atoms with Crippen LogP contribution >= 0.6 is 0 Å². The van der Waals surface area contributed by atoms with Crippen molar-refractivity contribution in [2.24, 2.45) is 5.73 Å². The third-order valence-electron chi connectivity index (χ3n) is 15.9. The van der Waals surface area contributed by atoms with Crippen LogP contribution in [-0.4, -0.2) is 40.5 Å². The second-order valence-corrected chi connectivity index (χ2v) is 22.0. The number of nitrogens with one attached hydrogen (secondary N) is 2. The topological polar surface area (TPSA) is 188 Å². The number of nitrogens with two attached hydrogens (primary N) is 1. The molecule has 8 aromatic rings. The minimum absolute atomic E-state index is 0.199. The molecule has 2 heterocycles. The highest BCUT2D eigenvalue weighted by atomic mass is 16.5. The summed E-state index contributed by atoms with van der Waals surface area (Å²) >= 11 is 0. The van der Waals surface area contributed by atoms with Crippen LogP contribution in [0, 0.1) is 25.2 Å². The highest BCUT2D eigenvalue weighted by Gasteiger charge is 2.26. The first-order valence-corrected chi connectivity index (χ1v) is 29.6. The van der Waals surface area contributed by atoms with E-state index in [1.54, 1.807) is 44.6 Å². The van der Waals surface area contributed by atoms with Crippen molar-refractivity contribution in [2.75, 3.05) is 13.1 Å². The quantitative estimate of drug-likeness (QED) is 0.0414. The maximum absolute atomic E-state index is 11.7. The first-order chi connectivity index (χ1) is 41.4. The number of carbonyl (C=O) groups is 3. The van der Waals surface area contributed by atoms with Crippen LogP contribution in [0.4, 0.5) is 0 Å². The Labute approximate surface area is 500 Å². The minimum Gasteiger partial charge on any atom is -0.488 e. The number of rotatable bonds is 27. The van der Waals surface area contributed by atoms with Crippen LogP contribution in [0.3, 0.4) is 0 Å². The van der Waals surface area contributed by atoms with Gasteiger partial charge in [-0.15, -0.1) is 0 Å². The number of Topliss-reactive ketones (excluding diaryl/α,β-unsaturated/α-hetero) is 2. The zero-order valence-electron chi connectivity index (χ0n) is 49.4. The Morgan fingerprint density at radius 1 is 0.529 bits per heavy atom. The molecule has 0 fully saturated rings. The number of carbonyl (C=O) groups excluding carboxylic acids is 3. The van der Waals surface area contributed by atoms with Crippen molar-refractivity contribution in [3.63, 3.8) is 0 Å². The number of fused-ring (bicyclic) bond motifs is 2. The molecule has 6 aromatic carbocycles. The number of primary amides is 1. The summed E-state index contributed by atoms with van der Waals surface area (Å²) in [5.41, 5.74) is 24.7. The first-order valence-electron chi connectivity index (χ1n) is 29.6. The maximum Gasteiger partial charge on any atom is 0.250 e. The summed E-state index contributed by atoms with van der Waals surface area (Å²) in [7, 11) is 0. The van der Waals surface area contributed by atoms with Gasteiger partial charge in [0, 0.05) is 85.1 Å². The Balaban J connectivity index is 0.000000204. The third kappa shape index (κ3) is 16.2. The number of ether oxygens (including phenoxy) is 4. The van der Waals surface area contributed by atoms with Crippen molar-refractivity contribution in [3.8, 4) is 51.3 Å². The van der Waals surface area contributed by atoms with Gasteiger partial charge in [-0.2, -0.15) is 5.26 Å². The van der Waals surface area contributed by atoms with Crippen LogP contribution in [0.5, 0.6) is 23.0 Å². The molecule has 2 aromatic heterocycles. The van der Waals surface area contributed by atoms with Crippen LogP contribution in [0.1, 0.15) is 135 Å². The van der Waals surface area contributed by atoms with E-state index < -0.39 is 5.91 Å². The van der Waals surface area contributed by atoms with Gasteiger partial charge < -0.3 is 44.9 Å². The molecule has 0 saturated heterocycles. The zero-order valence-corrected chi connectivity index (χ0v) is 49.4. The van der Waals surface area contributed by atoms with Gasteiger partial charge >= 0.3 is 0 Å². The molecule has 0 atom stereocenters. The van der Waals surface area contributed by atoms with Gasteiger partial charge in [-0.05, 0) is 171 Å². The van der Waals surface area contributed by atoms with Crippen LogP contribution in [0.15, 0.2) is 146 Å². The van der Waals surface area contributed by atoms with E-state index in [1.807, 2.05) is 24.3 Å². The van der Waals surface area contributed by atoms with E-state index in [-0.39, 0.29) is 18.2 Å². The molecule has 0 spiro atoms. The molecule has 436 valence electrons. The molecule has 10 rings (SSSR count). The highest BCUT2D eigenvalue weighted by molar-refractivity contribution is 5.92. The van der Waals surface area contributed by atoms with E-state index in [0.29, 0.717) is 56.9 Å². The smallest absolute Gasteiger partial charge is 0.250 e. The number of hydrogen-bond donors (Lipinski definition) is 3. The van der Waals surface area contributed by atoms with E-state index in [4.69, 9.17) is 24.7 Å². The zero-order chi connectivity index (χ0) is 59.5. The van der Waals surface area contributed by atoms with Crippen molar-refractivity contribution in [3.05, 3.63) is 224 Å². The van der Waals surface area contributed by atoms with E-state index in [9.17, 15) is 19.6 Å². The molecule has 0 saturated carbocycles. The maximum atomic E-state index is 11.7. The summed E-state index contributed by atoms with van der Waals surface area (Å²) in [5, 5.41) is 16.3. The number of aromatic nitrogens is 2. The fourth-order valence-corrected chi connectivity index (χ4v) is 11.3. The molecule has 2 aliphatic rings. The van der Waals surface area contributed by atoms with Gasteiger partial charge in [0.25, 0.3) is 0 Å². The molecule has 1 amide bonds. The van der Waals surface area contributed by atoms with Crippen molar-refractivity contribution >= 4 is 17.5 Å². The molecule has 0 bridgehead atoms. The third-order valence-corrected chi connectivity index (χ3v) is 15.9. The first kappa shape index (κ1) is 60.6. The number of amides is 1. The fourth-order valence-electron chi connectivity index (χ4n) is 11.3. The van der Waals surface area contributed by atoms with Crippen molar-refractivity contribution in [1.82, 2.24) is 20.6 Å². The Kier molecular flexibility index (Phi) is 21.4. The van der Waals surface area contributed by atoms with Gasteiger partial charge in [0.05, 0.1) is 11.1 Å². The van der Waals surface area contributed by atoms with Gasteiger partial charge in [-0.3, -0.25) is 14.8 Å². The molecule has 0 aliphatic heterocycles. The second-order valence-electron chi connectivity index (χ2n) is 22.0. The standard InChI is InChI=1S/C36H39N3O4.C36H37N3O3/c1-24(40)9-8-16-38-21-33-31-14-7-15-32(31)34(18-35(33)42-22-26-17-29(36(37)41)20-39-19-26)43-23-28-12-6-13-30(25(28)2)27-10-4-3-5-11-27;1-25(40)9-8-16-38-22-34-32-14-7-15-33(32)35(18-36(34)41-23-28-17-27(19-37)20-39-21-28)42-24-30-12-6-13-31(26(30)2)29-10-4-3-5-11-29/h3-6,10-13,17-20,38H,7-9,14-16,21-23H2,1-2H3,(H2,37,41);3-6,10-13,17-18,20-21,38H,7-9,14-16,22-24H2,1-2H3. The Bertz CT molecular complexity index is 3670. The van der Waals surface area contributed by atoms with E-state index >= 15 is 0 Å². The summed E-state index contributed by atoms with van der Waals surface area (Å²) in [6.07, 6.45) is 15.1. The lowest BCUT2D eigenvalue weighted by molar-refractivity contribution is -0.117. The van der Waals surface area contributed by atoms with Crippen LogP contribution in [0.25, 0.3) is 22.3 Å². The van der Waals surface area contributed by atoms with E-state index in [0.717, 1.165) is 121 Å². The number of benzene rings is 6. The Morgan fingerprint density at radius 2 is 0.976 bits per heavy atom. The monoisotopic (exact) mass is 1140 g/mol. The average Bonchev–Trinajstić information content (AvgIpc) is 3.93. The number of ketones is 2. The van der Waals surface area contributed by atoms with Crippen molar-refractivity contribution < 1.29 is 33.3 Å². The van der Waals surface area contributed by atoms with Crippen molar-refractivity contribution in [1.29, 1.82) is 5.26 Å². The molecule has 13 nitrogen and oxygen atoms in total. The van der Waals surface area contributed by atoms with Gasteiger partial charge in [0.1, 0.15) is 67.1 Å². The summed E-state index contributed by atoms with van der Waals surface area (Å²) in [5.74, 6) is 3.12. The highest BCUT2D eigenvalue weighted by Crippen LogP contribution is 2.42. The molecular weight excluding hydrogens is 1060 g/mol. The van der Waals surface area contributed by atoms with Crippen LogP contribution in [-0.2, 0) is 74.8 Å². The lowest BCUT2D eigenvalue weighted by Crippen LogP contribution is -2.18. The molecule has 13 heteroatoms. The second kappa shape index (κ2) is 30.0. The minimum atomic E-state index is -0.523. The largest absolute Gasteiger partial charge is 0.488 e. The van der Waals surface area contributed by atoms with Gasteiger partial charge in [0.15, 0.2) is 0 Å². The van der Waals surface area contributed by atoms with E-state index in [1.165, 1.54) is 61.8 Å². The molecule has 2 aliphatic carbocycles. The number of hydrogen-bond acceptors (Lipinski definition) is 12. The number of nitriles is 1. The summed E-state index contributed by atoms with van der Waals surface area (Å²) < 4.78 is 25.9. The summed E-state index contributed by atoms with van der Waals surface area (Å²) in [6.45, 7) is 11.8. The average molecular weight is 1140 g/mol. The summed E-state index contributed by atoms with van der Waals surface area (Å²) in [4.78, 5) is 42.8. The molecule has 0 radical (unpaired) electrons. The van der Waals surface area contributed by atoms with Crippen molar-refractivity contribution in [2.45, 2.75) is 131 Å². The van der Waals surface area contributed by atoms with Crippen LogP contribution < -0.4 is 35.3 Å². The Hall–Kier alpha value is -8.96. The fraction of sp³-hybridized carbons (Fsp3) is 0.306. The van der Waals surface area contributed by atoms with Gasteiger partial charge in [0.2, 0.25) is 5.91 Å². The lowest BCUT2D eigenvalue weighted by atomic mass is 9.97. The normalized spacial score (nSPS) is 12.1.